The lowest BCUT2D eigenvalue weighted by molar-refractivity contribution is -0.706. The van der Waals surface area contributed by atoms with Gasteiger partial charge in [0.15, 0.2) is 37.3 Å². The molecule has 3 aliphatic heterocycles. The first-order valence-corrected chi connectivity index (χ1v) is 31.7. The van der Waals surface area contributed by atoms with Crippen molar-refractivity contribution in [1.82, 2.24) is 14.7 Å². The van der Waals surface area contributed by atoms with Crippen LogP contribution in [0.5, 0.6) is 5.75 Å². The highest BCUT2D eigenvalue weighted by atomic mass is 16.6. The summed E-state index contributed by atoms with van der Waals surface area (Å²) in [7, 11) is 0. The summed E-state index contributed by atoms with van der Waals surface area (Å²) < 4.78 is 38.9. The number of aromatic nitrogens is 1. The van der Waals surface area contributed by atoms with Gasteiger partial charge in [0.1, 0.15) is 59.2 Å². The maximum Gasteiger partial charge on any atom is 0.411 e. The summed E-state index contributed by atoms with van der Waals surface area (Å²) in [6, 6.07) is 48.2. The minimum Gasteiger partial charge on any atom is -0.868 e. The average Bonchev–Trinajstić information content (AvgIpc) is 0.774. The first kappa shape index (κ1) is 66.4. The maximum atomic E-state index is 15.4. The molecule has 18 nitrogen and oxygen atoms in total. The fourth-order valence-corrected chi connectivity index (χ4v) is 12.6. The lowest BCUT2D eigenvalue weighted by Gasteiger charge is -2.46. The van der Waals surface area contributed by atoms with Gasteiger partial charge in [-0.15, -0.1) is 0 Å². The number of morpholine rings is 3. The lowest BCUT2D eigenvalue weighted by atomic mass is 9.88. The standard InChI is InChI=1S/C75H82N4O14/c1-73(2,3)91-70(85)77-57(67(82)88-64(51-34-22-13-23-35-51)61(77)48-28-16-10-17-29-48)42-40-54-45-76(46-55(80)41-43-58-68(83)89-65(52-36-24-14-25-37-52)62(49-30-18-11-19-31-49)78(58)71(86)92-74(4,5)6)47-60(81)56(54)44-59-69(84)90-66(53-38-26-15-27-39-53)63(50-32-20-12-21-33-50)79(59)72(87)93-75(7,8)9/h10-39,45,47,55,57-59,61-66,80H,40-44,46H2,1-9H3/t55-,57+,58+,59+,61+,62+,63+,64-,65-,66-/m1/s1. The monoisotopic (exact) mass is 1260 g/mol. The molecule has 3 saturated heterocycles. The fourth-order valence-electron chi connectivity index (χ4n) is 12.6. The van der Waals surface area contributed by atoms with E-state index in [1.165, 1.54) is 25.5 Å². The highest BCUT2D eigenvalue weighted by molar-refractivity contribution is 5.86. The van der Waals surface area contributed by atoms with E-state index in [0.717, 1.165) is 0 Å². The van der Waals surface area contributed by atoms with Crippen molar-refractivity contribution in [3.05, 3.63) is 239 Å². The van der Waals surface area contributed by atoms with Gasteiger partial charge in [-0.05, 0) is 133 Å². The third kappa shape index (κ3) is 15.9. The normalized spacial score (nSPS) is 22.2. The molecule has 3 aliphatic rings. The smallest absolute Gasteiger partial charge is 0.411 e. The van der Waals surface area contributed by atoms with Gasteiger partial charge in [0.05, 0.1) is 0 Å². The molecule has 0 aliphatic carbocycles. The molecule has 486 valence electrons. The van der Waals surface area contributed by atoms with Crippen molar-refractivity contribution >= 4 is 36.2 Å². The molecule has 0 bridgehead atoms. The molecule has 10 rings (SSSR count). The number of pyridine rings is 1. The van der Waals surface area contributed by atoms with Gasteiger partial charge < -0.3 is 38.6 Å². The molecule has 3 amide bonds. The molecular formula is C75H82N4O14. The third-order valence-corrected chi connectivity index (χ3v) is 16.5. The van der Waals surface area contributed by atoms with Crippen LogP contribution < -0.4 is 9.67 Å². The zero-order chi connectivity index (χ0) is 66.4. The zero-order valence-electron chi connectivity index (χ0n) is 54.0. The minimum absolute atomic E-state index is 0.0777. The molecule has 18 heteroatoms. The Hall–Kier alpha value is -9.55. The molecule has 4 heterocycles. The minimum atomic E-state index is -1.46. The van der Waals surface area contributed by atoms with Crippen molar-refractivity contribution < 1.29 is 72.0 Å². The van der Waals surface area contributed by atoms with Gasteiger partial charge in [-0.3, -0.25) is 14.7 Å². The lowest BCUT2D eigenvalue weighted by Crippen LogP contribution is -2.56. The number of benzene rings is 6. The van der Waals surface area contributed by atoms with Crippen molar-refractivity contribution in [3.8, 4) is 5.75 Å². The SMILES string of the molecule is CC(C)(C)OC(=O)N1[C@@H](CCc2c[n+](C[C@H](O)CC[C@H]3C(=O)O[C@H](c4ccccc4)[C@H](c4ccccc4)N3C(=O)OC(C)(C)C)cc([O-])c2C[C@H]2C(=O)O[C@H](c3ccccc3)[C@H](c3ccccc3)N2C(=O)OC(C)(C)C)C(=O)O[C@H](c2ccccc2)[C@@H]1c1ccccc1. The Morgan fingerprint density at radius 2 is 0.763 bits per heavy atom. The Bertz CT molecular complexity index is 3730. The van der Waals surface area contributed by atoms with Crippen molar-refractivity contribution in [3.63, 3.8) is 0 Å². The highest BCUT2D eigenvalue weighted by Crippen LogP contribution is 2.48. The van der Waals surface area contributed by atoms with E-state index < -0.39 is 126 Å². The number of esters is 3. The van der Waals surface area contributed by atoms with Gasteiger partial charge in [-0.2, -0.15) is 0 Å². The zero-order valence-corrected chi connectivity index (χ0v) is 54.0. The Labute approximate surface area is 543 Å². The van der Waals surface area contributed by atoms with E-state index in [0.29, 0.717) is 38.9 Å². The van der Waals surface area contributed by atoms with E-state index in [2.05, 4.69) is 0 Å². The van der Waals surface area contributed by atoms with Crippen LogP contribution in [0.2, 0.25) is 0 Å². The largest absolute Gasteiger partial charge is 0.868 e. The van der Waals surface area contributed by atoms with Crippen molar-refractivity contribution in [2.45, 2.75) is 178 Å². The average molecular weight is 1260 g/mol. The Morgan fingerprint density at radius 1 is 0.462 bits per heavy atom. The van der Waals surface area contributed by atoms with E-state index in [4.69, 9.17) is 28.4 Å². The quantitative estimate of drug-likeness (QED) is 0.0541. The van der Waals surface area contributed by atoms with E-state index >= 15 is 14.7 Å². The first-order valence-electron chi connectivity index (χ1n) is 31.7. The summed E-state index contributed by atoms with van der Waals surface area (Å²) in [5.74, 6) is -2.84. The van der Waals surface area contributed by atoms with Crippen LogP contribution >= 0.6 is 0 Å². The summed E-state index contributed by atoms with van der Waals surface area (Å²) in [5.41, 5.74) is 1.25. The van der Waals surface area contributed by atoms with Gasteiger partial charge in [0.25, 0.3) is 0 Å². The molecule has 10 atom stereocenters. The summed E-state index contributed by atoms with van der Waals surface area (Å²) in [4.78, 5) is 93.2. The number of cyclic esters (lactones) is 3. The number of aliphatic hydroxyl groups is 1. The van der Waals surface area contributed by atoms with Crippen LogP contribution in [0.25, 0.3) is 0 Å². The number of rotatable bonds is 16. The number of ether oxygens (including phenoxy) is 6. The summed E-state index contributed by atoms with van der Waals surface area (Å²) in [5, 5.41) is 27.6. The maximum absolute atomic E-state index is 15.4. The number of amides is 3. The summed E-state index contributed by atoms with van der Waals surface area (Å²) in [6.45, 7) is 15.3. The molecule has 0 radical (unpaired) electrons. The Morgan fingerprint density at radius 3 is 1.10 bits per heavy atom. The van der Waals surface area contributed by atoms with E-state index in [-0.39, 0.29) is 37.8 Å². The summed E-state index contributed by atoms with van der Waals surface area (Å²) >= 11 is 0. The molecule has 93 heavy (non-hydrogen) atoms. The van der Waals surface area contributed by atoms with E-state index in [9.17, 15) is 24.3 Å². The molecule has 1 aromatic heterocycles. The first-order chi connectivity index (χ1) is 44.3. The van der Waals surface area contributed by atoms with Gasteiger partial charge in [0, 0.05) is 12.0 Å². The third-order valence-electron chi connectivity index (χ3n) is 16.5. The van der Waals surface area contributed by atoms with Gasteiger partial charge in [-0.1, -0.05) is 182 Å². The number of nitrogens with zero attached hydrogens (tertiary/aromatic N) is 4. The van der Waals surface area contributed by atoms with Crippen molar-refractivity contribution in [2.75, 3.05) is 0 Å². The van der Waals surface area contributed by atoms with Crippen LogP contribution in [0.3, 0.4) is 0 Å². The van der Waals surface area contributed by atoms with Crippen LogP contribution in [0.15, 0.2) is 194 Å². The predicted molar refractivity (Wildman–Crippen MR) is 342 cm³/mol. The van der Waals surface area contributed by atoms with E-state index in [1.807, 2.05) is 182 Å². The molecule has 1 N–H and O–H groups in total. The number of carbonyl (C=O) groups is 6. The highest BCUT2D eigenvalue weighted by Gasteiger charge is 2.53. The van der Waals surface area contributed by atoms with Crippen LogP contribution in [0, 0.1) is 0 Å². The fraction of sp³-hybridized carbons (Fsp3) is 0.373. The molecule has 0 saturated carbocycles. The molecule has 6 aromatic carbocycles. The topological polar surface area (TPSA) is 215 Å². The molecule has 3 fully saturated rings. The molecule has 0 unspecified atom stereocenters. The van der Waals surface area contributed by atoms with Crippen molar-refractivity contribution in [1.29, 1.82) is 0 Å². The number of hydrogen-bond donors (Lipinski definition) is 1. The second-order valence-electron chi connectivity index (χ2n) is 26.9. The van der Waals surface area contributed by atoms with Gasteiger partial charge in [-0.25, -0.2) is 33.3 Å². The molecule has 7 aromatic rings. The number of hydrogen-bond acceptors (Lipinski definition) is 14. The molecular weight excluding hydrogens is 1180 g/mol. The van der Waals surface area contributed by atoms with Crippen molar-refractivity contribution in [2.24, 2.45) is 0 Å². The van der Waals surface area contributed by atoms with Crippen LogP contribution in [0.4, 0.5) is 14.4 Å². The number of carbonyl (C=O) groups excluding carboxylic acids is 6. The molecule has 0 spiro atoms. The van der Waals surface area contributed by atoms with Crippen LogP contribution in [0.1, 0.15) is 163 Å². The second kappa shape index (κ2) is 28.1. The van der Waals surface area contributed by atoms with Gasteiger partial charge in [0.2, 0.25) is 0 Å². The van der Waals surface area contributed by atoms with Gasteiger partial charge >= 0.3 is 36.2 Å². The Balaban J connectivity index is 1.04. The van der Waals surface area contributed by atoms with E-state index in [1.54, 1.807) is 68.5 Å². The second-order valence-corrected chi connectivity index (χ2v) is 26.9. The van der Waals surface area contributed by atoms with Crippen LogP contribution in [-0.4, -0.2) is 97.0 Å². The van der Waals surface area contributed by atoms with Crippen LogP contribution in [-0.2, 0) is 62.2 Å². The number of aryl methyl sites for hydroxylation is 1. The predicted octanol–water partition coefficient (Wildman–Crippen LogP) is 12.6. The number of aliphatic hydroxyl groups excluding tert-OH is 1. The Kier molecular flexibility index (Phi) is 20.1. The summed E-state index contributed by atoms with van der Waals surface area (Å²) in [6.07, 6.45) is -4.44.